The standard InChI is InChI=1S/C26H28N6O4S/c1-17-13-18(2)31(28-17)23-15-20(6-7-22(23)32(33)34)29-9-11-30(12-10-29)26-27-21(16-37-26)19-5-8-24(35-3)25(14-19)36-4/h5-8,13-16H,9-12H2,1-4H3. The van der Waals surface area contributed by atoms with Crippen molar-refractivity contribution in [2.75, 3.05) is 50.2 Å². The number of benzene rings is 2. The molecule has 0 spiro atoms. The number of piperazine rings is 1. The number of nitro benzene ring substituents is 1. The number of aryl methyl sites for hydroxylation is 2. The van der Waals surface area contributed by atoms with Crippen LogP contribution in [0.1, 0.15) is 11.4 Å². The lowest BCUT2D eigenvalue weighted by molar-refractivity contribution is -0.384. The summed E-state index contributed by atoms with van der Waals surface area (Å²) in [5.41, 5.74) is 5.01. The van der Waals surface area contributed by atoms with E-state index >= 15 is 0 Å². The third-order valence-electron chi connectivity index (χ3n) is 6.48. The number of anilines is 2. The number of ether oxygens (including phenoxy) is 2. The maximum atomic E-state index is 11.7. The summed E-state index contributed by atoms with van der Waals surface area (Å²) >= 11 is 1.62. The van der Waals surface area contributed by atoms with Gasteiger partial charge in [0.2, 0.25) is 0 Å². The fraction of sp³-hybridized carbons (Fsp3) is 0.308. The Kier molecular flexibility index (Phi) is 6.70. The van der Waals surface area contributed by atoms with Crippen LogP contribution in [0, 0.1) is 24.0 Å². The van der Waals surface area contributed by atoms with Gasteiger partial charge in [-0.1, -0.05) is 0 Å². The van der Waals surface area contributed by atoms with E-state index in [0.29, 0.717) is 17.2 Å². The number of nitro groups is 1. The smallest absolute Gasteiger partial charge is 0.295 e. The number of hydrogen-bond donors (Lipinski definition) is 0. The first-order valence-electron chi connectivity index (χ1n) is 11.9. The molecule has 37 heavy (non-hydrogen) atoms. The Morgan fingerprint density at radius 3 is 2.32 bits per heavy atom. The second-order valence-corrected chi connectivity index (χ2v) is 9.66. The van der Waals surface area contributed by atoms with E-state index in [4.69, 9.17) is 14.5 Å². The lowest BCUT2D eigenvalue weighted by Crippen LogP contribution is -2.46. The van der Waals surface area contributed by atoms with Gasteiger partial charge in [0, 0.05) is 54.6 Å². The number of rotatable bonds is 7. The zero-order chi connectivity index (χ0) is 26.1. The molecule has 5 rings (SSSR count). The van der Waals surface area contributed by atoms with E-state index in [-0.39, 0.29) is 10.6 Å². The van der Waals surface area contributed by atoms with Gasteiger partial charge in [-0.05, 0) is 50.2 Å². The van der Waals surface area contributed by atoms with E-state index in [2.05, 4.69) is 20.3 Å². The minimum atomic E-state index is -0.355. The molecule has 0 bridgehead atoms. The second-order valence-electron chi connectivity index (χ2n) is 8.83. The quantitative estimate of drug-likeness (QED) is 0.252. The fourth-order valence-electron chi connectivity index (χ4n) is 4.60. The van der Waals surface area contributed by atoms with Crippen molar-refractivity contribution in [3.63, 3.8) is 0 Å². The number of hydrogen-bond acceptors (Lipinski definition) is 9. The fourth-order valence-corrected chi connectivity index (χ4v) is 5.49. The summed E-state index contributed by atoms with van der Waals surface area (Å²) in [7, 11) is 3.24. The van der Waals surface area contributed by atoms with Crippen molar-refractivity contribution >= 4 is 27.8 Å². The number of aromatic nitrogens is 3. The lowest BCUT2D eigenvalue weighted by atomic mass is 10.1. The predicted octanol–water partition coefficient (Wildman–Crippen LogP) is 4.86. The van der Waals surface area contributed by atoms with E-state index in [9.17, 15) is 10.1 Å². The number of methoxy groups -OCH3 is 2. The molecule has 1 fully saturated rings. The highest BCUT2D eigenvalue weighted by atomic mass is 32.1. The van der Waals surface area contributed by atoms with Crippen molar-refractivity contribution < 1.29 is 14.4 Å². The van der Waals surface area contributed by atoms with Gasteiger partial charge in [0.25, 0.3) is 5.69 Å². The predicted molar refractivity (Wildman–Crippen MR) is 145 cm³/mol. The third-order valence-corrected chi connectivity index (χ3v) is 7.38. The summed E-state index contributed by atoms with van der Waals surface area (Å²) in [6, 6.07) is 13.0. The zero-order valence-electron chi connectivity index (χ0n) is 21.2. The van der Waals surface area contributed by atoms with E-state index < -0.39 is 0 Å². The molecule has 1 aliphatic heterocycles. The van der Waals surface area contributed by atoms with Crippen molar-refractivity contribution in [1.82, 2.24) is 14.8 Å². The molecule has 1 saturated heterocycles. The Bertz CT molecular complexity index is 1440. The SMILES string of the molecule is COc1ccc(-c2csc(N3CCN(c4ccc([N+](=O)[O-])c(-n5nc(C)cc5C)c4)CC3)n2)cc1OC. The van der Waals surface area contributed by atoms with E-state index in [1.807, 2.05) is 50.2 Å². The first-order chi connectivity index (χ1) is 17.9. The average molecular weight is 521 g/mol. The summed E-state index contributed by atoms with van der Waals surface area (Å²) in [5.74, 6) is 1.36. The molecule has 0 atom stereocenters. The molecule has 192 valence electrons. The second kappa shape index (κ2) is 10.1. The van der Waals surface area contributed by atoms with Crippen LogP contribution in [0.4, 0.5) is 16.5 Å². The lowest BCUT2D eigenvalue weighted by Gasteiger charge is -2.36. The summed E-state index contributed by atoms with van der Waals surface area (Å²) in [6.45, 7) is 6.93. The molecule has 2 aromatic carbocycles. The Labute approximate surface area is 218 Å². The largest absolute Gasteiger partial charge is 0.493 e. The Morgan fingerprint density at radius 2 is 1.68 bits per heavy atom. The Balaban J connectivity index is 1.32. The third kappa shape index (κ3) is 4.82. The van der Waals surface area contributed by atoms with Crippen LogP contribution in [0.3, 0.4) is 0 Å². The van der Waals surface area contributed by atoms with Crippen molar-refractivity contribution in [2.24, 2.45) is 0 Å². The maximum absolute atomic E-state index is 11.7. The van der Waals surface area contributed by atoms with E-state index in [1.54, 1.807) is 36.3 Å². The molecule has 4 aromatic rings. The summed E-state index contributed by atoms with van der Waals surface area (Å²) in [6.07, 6.45) is 0. The van der Waals surface area contributed by atoms with Crippen LogP contribution >= 0.6 is 11.3 Å². The highest BCUT2D eigenvalue weighted by Crippen LogP contribution is 2.35. The molecule has 0 aliphatic carbocycles. The van der Waals surface area contributed by atoms with E-state index in [0.717, 1.165) is 59.6 Å². The molecule has 0 unspecified atom stereocenters. The van der Waals surface area contributed by atoms with Gasteiger partial charge in [-0.15, -0.1) is 11.3 Å². The van der Waals surface area contributed by atoms with Crippen molar-refractivity contribution in [3.8, 4) is 28.4 Å². The summed E-state index contributed by atoms with van der Waals surface area (Å²) < 4.78 is 12.4. The molecule has 0 saturated carbocycles. The van der Waals surface area contributed by atoms with Crippen LogP contribution < -0.4 is 19.3 Å². The van der Waals surface area contributed by atoms with Crippen LogP contribution in [-0.2, 0) is 0 Å². The first-order valence-corrected chi connectivity index (χ1v) is 12.8. The highest BCUT2D eigenvalue weighted by molar-refractivity contribution is 7.14. The summed E-state index contributed by atoms with van der Waals surface area (Å²) in [5, 5.41) is 19.2. The molecule has 3 heterocycles. The Morgan fingerprint density at radius 1 is 0.946 bits per heavy atom. The van der Waals surface area contributed by atoms with Crippen LogP contribution in [0.2, 0.25) is 0 Å². The maximum Gasteiger partial charge on any atom is 0.295 e. The van der Waals surface area contributed by atoms with Gasteiger partial charge in [0.15, 0.2) is 16.6 Å². The molecule has 1 aliphatic rings. The number of nitrogens with zero attached hydrogens (tertiary/aromatic N) is 6. The highest BCUT2D eigenvalue weighted by Gasteiger charge is 2.24. The van der Waals surface area contributed by atoms with E-state index in [1.165, 1.54) is 0 Å². The van der Waals surface area contributed by atoms with Crippen LogP contribution in [0.5, 0.6) is 11.5 Å². The molecule has 0 N–H and O–H groups in total. The number of thiazole rings is 1. The topological polar surface area (TPSA) is 98.8 Å². The van der Waals surface area contributed by atoms with Gasteiger partial charge in [-0.25, -0.2) is 9.67 Å². The van der Waals surface area contributed by atoms with Gasteiger partial charge >= 0.3 is 0 Å². The van der Waals surface area contributed by atoms with Gasteiger partial charge in [-0.2, -0.15) is 5.10 Å². The zero-order valence-corrected chi connectivity index (χ0v) is 22.0. The van der Waals surface area contributed by atoms with Gasteiger partial charge in [0.1, 0.15) is 5.69 Å². The molecule has 2 aromatic heterocycles. The summed E-state index contributed by atoms with van der Waals surface area (Å²) in [4.78, 5) is 20.7. The van der Waals surface area contributed by atoms with Crippen molar-refractivity contribution in [3.05, 3.63) is 69.3 Å². The molecular formula is C26H28N6O4S. The minimum absolute atomic E-state index is 0.0408. The van der Waals surface area contributed by atoms with Gasteiger partial charge in [0.05, 0.1) is 30.5 Å². The molecule has 0 radical (unpaired) electrons. The van der Waals surface area contributed by atoms with Crippen molar-refractivity contribution in [2.45, 2.75) is 13.8 Å². The van der Waals surface area contributed by atoms with Crippen LogP contribution in [-0.4, -0.2) is 60.1 Å². The van der Waals surface area contributed by atoms with Gasteiger partial charge in [-0.3, -0.25) is 10.1 Å². The minimum Gasteiger partial charge on any atom is -0.493 e. The van der Waals surface area contributed by atoms with Crippen LogP contribution in [0.25, 0.3) is 16.9 Å². The molecule has 10 nitrogen and oxygen atoms in total. The first kappa shape index (κ1) is 24.6. The average Bonchev–Trinajstić information content (AvgIpc) is 3.54. The molecular weight excluding hydrogens is 492 g/mol. The van der Waals surface area contributed by atoms with Crippen molar-refractivity contribution in [1.29, 1.82) is 0 Å². The Hall–Kier alpha value is -4.12. The molecule has 11 heteroatoms. The van der Waals surface area contributed by atoms with Gasteiger partial charge < -0.3 is 19.3 Å². The normalized spacial score (nSPS) is 13.6. The monoisotopic (exact) mass is 520 g/mol. The molecule has 0 amide bonds. The van der Waals surface area contributed by atoms with Crippen LogP contribution in [0.15, 0.2) is 47.8 Å².